The van der Waals surface area contributed by atoms with Gasteiger partial charge in [0.2, 0.25) is 0 Å². The van der Waals surface area contributed by atoms with Gasteiger partial charge >= 0.3 is 0 Å². The number of allylic oxidation sites excluding steroid dienone is 2. The summed E-state index contributed by atoms with van der Waals surface area (Å²) in [4.78, 5) is 13.9. The molecule has 0 amide bonds. The number of rotatable bonds is 5. The molecule has 0 aliphatic rings. The lowest BCUT2D eigenvalue weighted by atomic mass is 10.1. The molecule has 0 heterocycles. The number of halogens is 1. The van der Waals surface area contributed by atoms with Gasteiger partial charge in [-0.3, -0.25) is 4.79 Å². The number of carbonyl (C=O) groups excluding carboxylic acids is 1. The highest BCUT2D eigenvalue weighted by molar-refractivity contribution is 14.1. The Morgan fingerprint density at radius 2 is 1.59 bits per heavy atom. The molecule has 0 radical (unpaired) electrons. The molecule has 0 aliphatic heterocycles. The molecule has 0 spiro atoms. The molecule has 0 unspecified atom stereocenters. The van der Waals surface area contributed by atoms with Gasteiger partial charge in [0.25, 0.3) is 0 Å². The molecule has 2 aromatic rings. The van der Waals surface area contributed by atoms with Crippen LogP contribution in [0.3, 0.4) is 0 Å². The van der Waals surface area contributed by atoms with E-state index < -0.39 is 0 Å². The average molecular weight is 403 g/mol. The zero-order valence-electron chi connectivity index (χ0n) is 12.7. The molecular weight excluding hydrogens is 385 g/mol. The predicted molar refractivity (Wildman–Crippen MR) is 103 cm³/mol. The molecule has 0 bridgehead atoms. The average Bonchev–Trinajstić information content (AvgIpc) is 2.51. The van der Waals surface area contributed by atoms with Crippen molar-refractivity contribution >= 4 is 46.2 Å². The van der Waals surface area contributed by atoms with Crippen LogP contribution >= 0.6 is 22.6 Å². The van der Waals surface area contributed by atoms with Crippen LogP contribution < -0.4 is 4.90 Å². The summed E-state index contributed by atoms with van der Waals surface area (Å²) >= 11 is 2.26. The van der Waals surface area contributed by atoms with E-state index in [-0.39, 0.29) is 5.78 Å². The lowest BCUT2D eigenvalue weighted by Gasteiger charge is -2.11. The summed E-state index contributed by atoms with van der Waals surface area (Å²) in [5.41, 5.74) is 3.19. The van der Waals surface area contributed by atoms with E-state index >= 15 is 0 Å². The number of ketones is 1. The third-order valence-electron chi connectivity index (χ3n) is 3.14. The molecule has 112 valence electrons. The Balaban J connectivity index is 1.99. The lowest BCUT2D eigenvalue weighted by molar-refractivity contribution is -0.110. The second-order valence-corrected chi connectivity index (χ2v) is 6.36. The third kappa shape index (κ3) is 5.15. The van der Waals surface area contributed by atoms with Crippen LogP contribution in [-0.4, -0.2) is 19.9 Å². The van der Waals surface area contributed by atoms with E-state index in [9.17, 15) is 4.79 Å². The minimum absolute atomic E-state index is 0.0180. The zero-order chi connectivity index (χ0) is 15.9. The molecule has 22 heavy (non-hydrogen) atoms. The Bertz CT molecular complexity index is 700. The van der Waals surface area contributed by atoms with Crippen molar-refractivity contribution in [3.05, 3.63) is 75.4 Å². The molecule has 0 saturated carbocycles. The molecule has 2 rings (SSSR count). The van der Waals surface area contributed by atoms with Gasteiger partial charge in [-0.15, -0.1) is 0 Å². The second kappa shape index (κ2) is 7.94. The summed E-state index contributed by atoms with van der Waals surface area (Å²) in [5.74, 6) is -0.0180. The lowest BCUT2D eigenvalue weighted by Crippen LogP contribution is -2.07. The molecular formula is C19H18INO. The maximum Gasteiger partial charge on any atom is 0.178 e. The van der Waals surface area contributed by atoms with Crippen molar-refractivity contribution < 1.29 is 4.79 Å². The van der Waals surface area contributed by atoms with Gasteiger partial charge in [0.15, 0.2) is 5.78 Å². The highest BCUT2D eigenvalue weighted by Crippen LogP contribution is 2.13. The standard InChI is InChI=1S/C19H18INO/c1-21(2)18-10-6-15(7-11-18)8-12-19(22)13-9-16-4-3-5-17(20)14-16/h3-14H,1-2H3/b12-8+,13-9+. The van der Waals surface area contributed by atoms with E-state index in [0.717, 1.165) is 20.4 Å². The van der Waals surface area contributed by atoms with Crippen molar-refractivity contribution in [3.8, 4) is 0 Å². The van der Waals surface area contributed by atoms with Crippen LogP contribution in [0.2, 0.25) is 0 Å². The topological polar surface area (TPSA) is 20.3 Å². The van der Waals surface area contributed by atoms with Crippen molar-refractivity contribution in [2.75, 3.05) is 19.0 Å². The molecule has 0 atom stereocenters. The summed E-state index contributed by atoms with van der Waals surface area (Å²) in [5, 5.41) is 0. The number of carbonyl (C=O) groups is 1. The highest BCUT2D eigenvalue weighted by Gasteiger charge is 1.95. The molecule has 0 aromatic heterocycles. The maximum absolute atomic E-state index is 11.9. The highest BCUT2D eigenvalue weighted by atomic mass is 127. The fourth-order valence-corrected chi connectivity index (χ4v) is 2.47. The van der Waals surface area contributed by atoms with E-state index in [1.165, 1.54) is 0 Å². The van der Waals surface area contributed by atoms with E-state index in [4.69, 9.17) is 0 Å². The minimum atomic E-state index is -0.0180. The van der Waals surface area contributed by atoms with E-state index in [1.54, 1.807) is 12.2 Å². The first-order valence-corrected chi connectivity index (χ1v) is 8.05. The SMILES string of the molecule is CN(C)c1ccc(/C=C/C(=O)/C=C/c2cccc(I)c2)cc1. The van der Waals surface area contributed by atoms with Crippen molar-refractivity contribution in [1.82, 2.24) is 0 Å². The number of hydrogen-bond donors (Lipinski definition) is 0. The Labute approximate surface area is 145 Å². The van der Waals surface area contributed by atoms with Gasteiger partial charge in [-0.05, 0) is 70.1 Å². The smallest absolute Gasteiger partial charge is 0.178 e. The van der Waals surface area contributed by atoms with E-state index in [1.807, 2.05) is 79.7 Å². The first kappa shape index (κ1) is 16.5. The molecule has 0 saturated heterocycles. The van der Waals surface area contributed by atoms with Crippen molar-refractivity contribution in [2.45, 2.75) is 0 Å². The Kier molecular flexibility index (Phi) is 5.95. The van der Waals surface area contributed by atoms with Crippen LogP contribution in [0.1, 0.15) is 11.1 Å². The molecule has 3 heteroatoms. The normalized spacial score (nSPS) is 11.2. The molecule has 0 N–H and O–H groups in total. The maximum atomic E-state index is 11.9. The molecule has 2 aromatic carbocycles. The van der Waals surface area contributed by atoms with Crippen LogP contribution in [0.5, 0.6) is 0 Å². The second-order valence-electron chi connectivity index (χ2n) is 5.11. The summed E-state index contributed by atoms with van der Waals surface area (Å²) in [6, 6.07) is 16.1. The fourth-order valence-electron chi connectivity index (χ4n) is 1.91. The van der Waals surface area contributed by atoms with Crippen LogP contribution in [0.25, 0.3) is 12.2 Å². The van der Waals surface area contributed by atoms with Gasteiger partial charge in [-0.1, -0.05) is 36.4 Å². The van der Waals surface area contributed by atoms with Crippen molar-refractivity contribution in [3.63, 3.8) is 0 Å². The van der Waals surface area contributed by atoms with Crippen LogP contribution in [0, 0.1) is 3.57 Å². The summed E-state index contributed by atoms with van der Waals surface area (Å²) in [6.07, 6.45) is 6.86. The van der Waals surface area contributed by atoms with Gasteiger partial charge in [0, 0.05) is 23.4 Å². The van der Waals surface area contributed by atoms with Crippen LogP contribution in [-0.2, 0) is 4.79 Å². The Morgan fingerprint density at radius 1 is 0.955 bits per heavy atom. The van der Waals surface area contributed by atoms with Gasteiger partial charge in [0.1, 0.15) is 0 Å². The monoisotopic (exact) mass is 403 g/mol. The largest absolute Gasteiger partial charge is 0.378 e. The zero-order valence-corrected chi connectivity index (χ0v) is 14.8. The Morgan fingerprint density at radius 3 is 2.18 bits per heavy atom. The minimum Gasteiger partial charge on any atom is -0.378 e. The summed E-state index contributed by atoms with van der Waals surface area (Å²) in [6.45, 7) is 0. The quantitative estimate of drug-likeness (QED) is 0.535. The number of nitrogens with zero attached hydrogens (tertiary/aromatic N) is 1. The number of benzene rings is 2. The Hall–Kier alpha value is -1.88. The van der Waals surface area contributed by atoms with Gasteiger partial charge in [0.05, 0.1) is 0 Å². The van der Waals surface area contributed by atoms with Crippen molar-refractivity contribution in [2.24, 2.45) is 0 Å². The van der Waals surface area contributed by atoms with Gasteiger partial charge in [-0.2, -0.15) is 0 Å². The fraction of sp³-hybridized carbons (Fsp3) is 0.105. The molecule has 0 fully saturated rings. The number of anilines is 1. The summed E-state index contributed by atoms with van der Waals surface area (Å²) in [7, 11) is 4.01. The number of hydrogen-bond acceptors (Lipinski definition) is 2. The molecule has 0 aliphatic carbocycles. The van der Waals surface area contributed by atoms with Crippen LogP contribution in [0.15, 0.2) is 60.7 Å². The third-order valence-corrected chi connectivity index (χ3v) is 3.81. The van der Waals surface area contributed by atoms with Crippen molar-refractivity contribution in [1.29, 1.82) is 0 Å². The predicted octanol–water partition coefficient (Wildman–Crippen LogP) is 4.65. The van der Waals surface area contributed by atoms with Gasteiger partial charge in [-0.25, -0.2) is 0 Å². The first-order chi connectivity index (χ1) is 10.5. The summed E-state index contributed by atoms with van der Waals surface area (Å²) < 4.78 is 1.16. The van der Waals surface area contributed by atoms with Crippen LogP contribution in [0.4, 0.5) is 5.69 Å². The van der Waals surface area contributed by atoms with E-state index in [0.29, 0.717) is 0 Å². The van der Waals surface area contributed by atoms with Gasteiger partial charge < -0.3 is 4.90 Å². The molecule has 2 nitrogen and oxygen atoms in total. The van der Waals surface area contributed by atoms with E-state index in [2.05, 4.69) is 22.6 Å². The first-order valence-electron chi connectivity index (χ1n) is 6.98.